The summed E-state index contributed by atoms with van der Waals surface area (Å²) >= 11 is 0. The van der Waals surface area contributed by atoms with Crippen molar-refractivity contribution < 1.29 is 19.1 Å². The average Bonchev–Trinajstić information content (AvgIpc) is 2.56. The van der Waals surface area contributed by atoms with Crippen LogP contribution in [-0.2, 0) is 9.59 Å². The average molecular weight is 326 g/mol. The van der Waals surface area contributed by atoms with Gasteiger partial charge in [0.1, 0.15) is 6.61 Å². The molecule has 3 rings (SSSR count). The molecule has 2 aromatic rings. The number of ether oxygens (including phenoxy) is 2. The quantitative estimate of drug-likeness (QED) is 0.909. The van der Waals surface area contributed by atoms with Gasteiger partial charge in [0.05, 0.1) is 0 Å². The monoisotopic (exact) mass is 326 g/mol. The summed E-state index contributed by atoms with van der Waals surface area (Å²) in [5.41, 5.74) is 2.20. The molecule has 1 heterocycles. The van der Waals surface area contributed by atoms with E-state index in [1.165, 1.54) is 6.92 Å². The lowest BCUT2D eigenvalue weighted by atomic mass is 10.1. The van der Waals surface area contributed by atoms with E-state index >= 15 is 0 Å². The molecule has 0 radical (unpaired) electrons. The van der Waals surface area contributed by atoms with Gasteiger partial charge >= 0.3 is 0 Å². The normalized spacial score (nSPS) is 15.5. The number of anilines is 2. The van der Waals surface area contributed by atoms with Crippen molar-refractivity contribution >= 4 is 23.2 Å². The lowest BCUT2D eigenvalue weighted by molar-refractivity contribution is -0.125. The van der Waals surface area contributed by atoms with Gasteiger partial charge in [-0.3, -0.25) is 9.59 Å². The zero-order valence-corrected chi connectivity index (χ0v) is 13.5. The standard InChI is InChI=1S/C18H18N2O4/c1-11-9-13(7-8-14(11)19-12(2)21)20-18(22)17-10-23-15-5-3-4-6-16(15)24-17/h3-9,17H,10H2,1-2H3,(H,19,21)(H,20,22)/t17-/m0/s1. The number of carbonyl (C=O) groups is 2. The molecule has 0 spiro atoms. The minimum absolute atomic E-state index is 0.138. The number of fused-ring (bicyclic) bond motifs is 1. The second-order valence-corrected chi connectivity index (χ2v) is 5.56. The third-order valence-electron chi connectivity index (χ3n) is 3.61. The smallest absolute Gasteiger partial charge is 0.269 e. The Morgan fingerprint density at radius 2 is 1.83 bits per heavy atom. The molecule has 0 saturated carbocycles. The summed E-state index contributed by atoms with van der Waals surface area (Å²) in [6, 6.07) is 12.5. The Balaban J connectivity index is 1.67. The van der Waals surface area contributed by atoms with E-state index < -0.39 is 6.10 Å². The molecule has 0 aromatic heterocycles. The Hall–Kier alpha value is -3.02. The molecule has 1 atom stereocenters. The highest BCUT2D eigenvalue weighted by Gasteiger charge is 2.27. The van der Waals surface area contributed by atoms with Crippen molar-refractivity contribution in [2.75, 3.05) is 17.2 Å². The largest absolute Gasteiger partial charge is 0.485 e. The van der Waals surface area contributed by atoms with Crippen LogP contribution in [0, 0.1) is 6.92 Å². The molecule has 1 aliphatic heterocycles. The van der Waals surface area contributed by atoms with Crippen LogP contribution in [-0.4, -0.2) is 24.5 Å². The van der Waals surface area contributed by atoms with Gasteiger partial charge in [0.25, 0.3) is 5.91 Å². The van der Waals surface area contributed by atoms with Crippen molar-refractivity contribution in [1.29, 1.82) is 0 Å². The fraction of sp³-hybridized carbons (Fsp3) is 0.222. The molecule has 0 saturated heterocycles. The van der Waals surface area contributed by atoms with Gasteiger partial charge in [0.15, 0.2) is 11.5 Å². The fourth-order valence-corrected chi connectivity index (χ4v) is 2.44. The molecular weight excluding hydrogens is 308 g/mol. The van der Waals surface area contributed by atoms with Crippen LogP contribution in [0.25, 0.3) is 0 Å². The van der Waals surface area contributed by atoms with E-state index in [4.69, 9.17) is 9.47 Å². The highest BCUT2D eigenvalue weighted by Crippen LogP contribution is 2.31. The van der Waals surface area contributed by atoms with Crippen LogP contribution < -0.4 is 20.1 Å². The molecule has 0 fully saturated rings. The third-order valence-corrected chi connectivity index (χ3v) is 3.61. The number of carbonyl (C=O) groups excluding carboxylic acids is 2. The summed E-state index contributed by atoms with van der Waals surface area (Å²) in [5, 5.41) is 5.54. The number of nitrogens with one attached hydrogen (secondary N) is 2. The first-order chi connectivity index (χ1) is 11.5. The summed E-state index contributed by atoms with van der Waals surface area (Å²) in [4.78, 5) is 23.5. The number of para-hydroxylation sites is 2. The highest BCUT2D eigenvalue weighted by atomic mass is 16.6. The molecule has 2 N–H and O–H groups in total. The SMILES string of the molecule is CC(=O)Nc1ccc(NC(=O)[C@@H]2COc3ccccc3O2)cc1C. The maximum Gasteiger partial charge on any atom is 0.269 e. The number of benzene rings is 2. The van der Waals surface area contributed by atoms with Gasteiger partial charge in [-0.05, 0) is 42.8 Å². The molecule has 2 aromatic carbocycles. The van der Waals surface area contributed by atoms with Crippen LogP contribution in [0.5, 0.6) is 11.5 Å². The fourth-order valence-electron chi connectivity index (χ4n) is 2.44. The molecule has 24 heavy (non-hydrogen) atoms. The van der Waals surface area contributed by atoms with Crippen LogP contribution in [0.3, 0.4) is 0 Å². The maximum atomic E-state index is 12.4. The summed E-state index contributed by atoms with van der Waals surface area (Å²) in [7, 11) is 0. The first kappa shape index (κ1) is 15.9. The topological polar surface area (TPSA) is 76.7 Å². The number of aryl methyl sites for hydroxylation is 1. The van der Waals surface area contributed by atoms with E-state index in [0.29, 0.717) is 22.9 Å². The van der Waals surface area contributed by atoms with Gasteiger partial charge in [-0.1, -0.05) is 12.1 Å². The molecule has 6 nitrogen and oxygen atoms in total. The van der Waals surface area contributed by atoms with E-state index in [1.807, 2.05) is 19.1 Å². The Labute approximate surface area is 139 Å². The molecule has 0 bridgehead atoms. The van der Waals surface area contributed by atoms with Crippen LogP contribution in [0.4, 0.5) is 11.4 Å². The van der Waals surface area contributed by atoms with E-state index in [-0.39, 0.29) is 18.4 Å². The first-order valence-electron chi connectivity index (χ1n) is 7.60. The van der Waals surface area contributed by atoms with E-state index in [9.17, 15) is 9.59 Å². The van der Waals surface area contributed by atoms with Crippen molar-refractivity contribution in [2.45, 2.75) is 20.0 Å². The van der Waals surface area contributed by atoms with Crippen molar-refractivity contribution in [3.8, 4) is 11.5 Å². The van der Waals surface area contributed by atoms with Gasteiger partial charge in [0, 0.05) is 18.3 Å². The lowest BCUT2D eigenvalue weighted by Gasteiger charge is -2.25. The molecular formula is C18H18N2O4. The van der Waals surface area contributed by atoms with Gasteiger partial charge in [-0.25, -0.2) is 0 Å². The van der Waals surface area contributed by atoms with E-state index in [0.717, 1.165) is 5.56 Å². The number of amides is 2. The lowest BCUT2D eigenvalue weighted by Crippen LogP contribution is -2.40. The highest BCUT2D eigenvalue weighted by molar-refractivity contribution is 5.95. The third kappa shape index (κ3) is 3.48. The molecule has 0 unspecified atom stereocenters. The maximum absolute atomic E-state index is 12.4. The van der Waals surface area contributed by atoms with Crippen LogP contribution >= 0.6 is 0 Å². The van der Waals surface area contributed by atoms with Crippen LogP contribution in [0.1, 0.15) is 12.5 Å². The Morgan fingerprint density at radius 1 is 1.08 bits per heavy atom. The zero-order valence-electron chi connectivity index (χ0n) is 13.5. The van der Waals surface area contributed by atoms with Crippen molar-refractivity contribution in [1.82, 2.24) is 0 Å². The van der Waals surface area contributed by atoms with Crippen LogP contribution in [0.15, 0.2) is 42.5 Å². The predicted molar refractivity (Wildman–Crippen MR) is 90.5 cm³/mol. The van der Waals surface area contributed by atoms with E-state index in [2.05, 4.69) is 10.6 Å². The summed E-state index contributed by atoms with van der Waals surface area (Å²) in [6.45, 7) is 3.47. The molecule has 1 aliphatic rings. The number of rotatable bonds is 3. The van der Waals surface area contributed by atoms with Gasteiger partial charge < -0.3 is 20.1 Å². The molecule has 0 aliphatic carbocycles. The predicted octanol–water partition coefficient (Wildman–Crippen LogP) is 2.73. The van der Waals surface area contributed by atoms with Crippen molar-refractivity contribution in [3.63, 3.8) is 0 Å². The second-order valence-electron chi connectivity index (χ2n) is 5.56. The van der Waals surface area contributed by atoms with E-state index in [1.54, 1.807) is 30.3 Å². The number of hydrogen-bond donors (Lipinski definition) is 2. The second kappa shape index (κ2) is 6.62. The minimum Gasteiger partial charge on any atom is -0.485 e. The molecule has 124 valence electrons. The van der Waals surface area contributed by atoms with Crippen LogP contribution in [0.2, 0.25) is 0 Å². The van der Waals surface area contributed by atoms with Crippen molar-refractivity contribution in [2.24, 2.45) is 0 Å². The number of hydrogen-bond acceptors (Lipinski definition) is 4. The first-order valence-corrected chi connectivity index (χ1v) is 7.60. The molecule has 2 amide bonds. The Bertz CT molecular complexity index is 788. The Kier molecular flexibility index (Phi) is 4.37. The van der Waals surface area contributed by atoms with Gasteiger partial charge in [-0.2, -0.15) is 0 Å². The van der Waals surface area contributed by atoms with Gasteiger partial charge in [0.2, 0.25) is 12.0 Å². The Morgan fingerprint density at radius 3 is 2.54 bits per heavy atom. The van der Waals surface area contributed by atoms with Crippen molar-refractivity contribution in [3.05, 3.63) is 48.0 Å². The minimum atomic E-state index is -0.713. The summed E-state index contributed by atoms with van der Waals surface area (Å²) < 4.78 is 11.2. The summed E-state index contributed by atoms with van der Waals surface area (Å²) in [5.74, 6) is 0.774. The van der Waals surface area contributed by atoms with Gasteiger partial charge in [-0.15, -0.1) is 0 Å². The molecule has 6 heteroatoms. The zero-order chi connectivity index (χ0) is 17.1. The summed E-state index contributed by atoms with van der Waals surface area (Å²) in [6.07, 6.45) is -0.713.